The van der Waals surface area contributed by atoms with Crippen molar-refractivity contribution in [3.05, 3.63) is 261 Å². The van der Waals surface area contributed by atoms with E-state index in [1.165, 1.54) is 87.6 Å². The zero-order valence-corrected chi connectivity index (χ0v) is 35.8. The number of hydrogen-bond acceptors (Lipinski definition) is 1. The summed E-state index contributed by atoms with van der Waals surface area (Å²) in [4.78, 5) is 2.44. The quantitative estimate of drug-likeness (QED) is 0.138. The zero-order chi connectivity index (χ0) is 43.1. The van der Waals surface area contributed by atoms with E-state index in [1.807, 2.05) is 0 Å². The van der Waals surface area contributed by atoms with Crippen LogP contribution in [0.15, 0.2) is 261 Å². The first-order valence-electron chi connectivity index (χ1n) is 22.4. The van der Waals surface area contributed by atoms with Gasteiger partial charge in [0.1, 0.15) is 0 Å². The van der Waals surface area contributed by atoms with Gasteiger partial charge in [-0.05, 0) is 159 Å². The summed E-state index contributed by atoms with van der Waals surface area (Å²) in [5, 5.41) is 9.90. The maximum atomic E-state index is 2.44. The van der Waals surface area contributed by atoms with Gasteiger partial charge in [0.15, 0.2) is 0 Å². The summed E-state index contributed by atoms with van der Waals surface area (Å²) in [5.74, 6) is 0. The Balaban J connectivity index is 1.13. The highest BCUT2D eigenvalue weighted by Gasteiger charge is 2.20. The summed E-state index contributed by atoms with van der Waals surface area (Å²) >= 11 is 0. The number of benzene rings is 12. The Bertz CT molecular complexity index is 3690. The van der Waals surface area contributed by atoms with Crippen molar-refractivity contribution in [3.63, 3.8) is 0 Å². The van der Waals surface area contributed by atoms with Gasteiger partial charge >= 0.3 is 0 Å². The second-order valence-electron chi connectivity index (χ2n) is 16.9. The molecule has 0 aliphatic carbocycles. The lowest BCUT2D eigenvalue weighted by molar-refractivity contribution is 1.28. The van der Waals surface area contributed by atoms with E-state index in [2.05, 4.69) is 266 Å². The molecule has 304 valence electrons. The molecule has 12 rings (SSSR count). The minimum Gasteiger partial charge on any atom is -0.310 e. The molecular weight excluding hydrogens is 783 g/mol. The lowest BCUT2D eigenvalue weighted by Gasteiger charge is -2.28. The van der Waals surface area contributed by atoms with Crippen LogP contribution in [0, 0.1) is 0 Å². The molecule has 0 spiro atoms. The summed E-state index contributed by atoms with van der Waals surface area (Å²) < 4.78 is 0. The third-order valence-electron chi connectivity index (χ3n) is 13.0. The highest BCUT2D eigenvalue weighted by Crippen LogP contribution is 2.45. The van der Waals surface area contributed by atoms with Gasteiger partial charge in [0.05, 0.1) is 0 Å². The smallest absolute Gasteiger partial charge is 0.0473 e. The van der Waals surface area contributed by atoms with Gasteiger partial charge in [-0.15, -0.1) is 0 Å². The molecule has 1 heteroatoms. The van der Waals surface area contributed by atoms with Gasteiger partial charge in [0.25, 0.3) is 0 Å². The fourth-order valence-electron chi connectivity index (χ4n) is 9.83. The molecule has 0 aliphatic rings. The molecule has 0 N–H and O–H groups in total. The SMILES string of the molecule is c1ccc(-c2ccc(N(c3cccc(-c4ccccc4)c3)c3cc(-c4cc5ccccc5c5ccccc45)cc(-c4cc5ccc(-c6ccccc6)cc5c5ccccc45)c3)cc2)cc1. The molecule has 0 amide bonds. The Labute approximate surface area is 379 Å². The molecule has 1 nitrogen and oxygen atoms in total. The van der Waals surface area contributed by atoms with E-state index < -0.39 is 0 Å². The monoisotopic (exact) mass is 825 g/mol. The predicted octanol–water partition coefficient (Wildman–Crippen LogP) is 18.1. The van der Waals surface area contributed by atoms with E-state index >= 15 is 0 Å². The molecule has 0 aliphatic heterocycles. The highest BCUT2D eigenvalue weighted by atomic mass is 15.1. The molecule has 0 saturated heterocycles. The number of nitrogens with zero attached hydrogens (tertiary/aromatic N) is 1. The normalized spacial score (nSPS) is 11.4. The molecular formula is C64H43N. The van der Waals surface area contributed by atoms with Crippen LogP contribution in [0.4, 0.5) is 17.1 Å². The first-order valence-corrected chi connectivity index (χ1v) is 22.4. The van der Waals surface area contributed by atoms with Crippen molar-refractivity contribution in [2.45, 2.75) is 0 Å². The highest BCUT2D eigenvalue weighted by molar-refractivity contribution is 6.16. The van der Waals surface area contributed by atoms with Crippen molar-refractivity contribution >= 4 is 60.2 Å². The lowest BCUT2D eigenvalue weighted by atomic mass is 9.88. The van der Waals surface area contributed by atoms with Gasteiger partial charge in [0, 0.05) is 17.1 Å². The Morgan fingerprint density at radius 1 is 0.185 bits per heavy atom. The molecule has 0 aromatic heterocycles. The Morgan fingerprint density at radius 3 is 1.20 bits per heavy atom. The zero-order valence-electron chi connectivity index (χ0n) is 35.8. The predicted molar refractivity (Wildman–Crippen MR) is 278 cm³/mol. The fraction of sp³-hybridized carbons (Fsp3) is 0. The number of anilines is 3. The van der Waals surface area contributed by atoms with E-state index in [9.17, 15) is 0 Å². The largest absolute Gasteiger partial charge is 0.310 e. The summed E-state index contributed by atoms with van der Waals surface area (Å²) in [6.45, 7) is 0. The van der Waals surface area contributed by atoms with E-state index in [4.69, 9.17) is 0 Å². The number of hydrogen-bond donors (Lipinski definition) is 0. The maximum Gasteiger partial charge on any atom is 0.0473 e. The van der Waals surface area contributed by atoms with Crippen LogP contribution in [0.1, 0.15) is 0 Å². The van der Waals surface area contributed by atoms with Crippen LogP contribution < -0.4 is 4.90 Å². The van der Waals surface area contributed by atoms with E-state index in [-0.39, 0.29) is 0 Å². The van der Waals surface area contributed by atoms with Gasteiger partial charge in [-0.25, -0.2) is 0 Å². The van der Waals surface area contributed by atoms with Crippen molar-refractivity contribution in [1.82, 2.24) is 0 Å². The summed E-state index contributed by atoms with van der Waals surface area (Å²) in [5.41, 5.74) is 15.1. The van der Waals surface area contributed by atoms with Crippen molar-refractivity contribution in [3.8, 4) is 55.6 Å². The Hall–Kier alpha value is -8.52. The average molecular weight is 826 g/mol. The van der Waals surface area contributed by atoms with Crippen LogP contribution in [0.25, 0.3) is 98.7 Å². The van der Waals surface area contributed by atoms with Crippen LogP contribution in [0.3, 0.4) is 0 Å². The molecule has 0 atom stereocenters. The molecule has 0 radical (unpaired) electrons. The van der Waals surface area contributed by atoms with Crippen molar-refractivity contribution in [1.29, 1.82) is 0 Å². The molecule has 65 heavy (non-hydrogen) atoms. The van der Waals surface area contributed by atoms with Crippen LogP contribution in [-0.4, -0.2) is 0 Å². The van der Waals surface area contributed by atoms with Gasteiger partial charge in [0.2, 0.25) is 0 Å². The van der Waals surface area contributed by atoms with Crippen LogP contribution in [0.2, 0.25) is 0 Å². The standard InChI is InChI=1S/C64H43N/c1-4-17-44(18-5-1)47-33-35-54(36-34-47)65(55-25-16-24-48(38-55)45-19-6-2-7-20-45)56-39-52(63-42-50-23-10-11-26-57(50)58-27-12-13-28-59(58)63)37-53(40-56)64-43-51-32-31-49(46-21-8-3-9-22-46)41-62(51)60-29-14-15-30-61(60)64/h1-43H. The van der Waals surface area contributed by atoms with Crippen molar-refractivity contribution < 1.29 is 0 Å². The topological polar surface area (TPSA) is 3.24 Å². The van der Waals surface area contributed by atoms with Gasteiger partial charge in [-0.1, -0.05) is 200 Å². The van der Waals surface area contributed by atoms with Crippen LogP contribution in [0.5, 0.6) is 0 Å². The third-order valence-corrected chi connectivity index (χ3v) is 13.0. The van der Waals surface area contributed by atoms with E-state index in [0.717, 1.165) is 28.2 Å². The lowest BCUT2D eigenvalue weighted by Crippen LogP contribution is -2.10. The molecule has 12 aromatic rings. The number of rotatable bonds is 8. The molecule has 0 unspecified atom stereocenters. The fourth-order valence-corrected chi connectivity index (χ4v) is 9.83. The molecule has 0 saturated carbocycles. The van der Waals surface area contributed by atoms with Gasteiger partial charge < -0.3 is 4.90 Å². The first-order chi connectivity index (χ1) is 32.2. The first kappa shape index (κ1) is 38.2. The molecule has 12 aromatic carbocycles. The molecule has 0 bridgehead atoms. The maximum absolute atomic E-state index is 2.44. The van der Waals surface area contributed by atoms with Crippen LogP contribution in [-0.2, 0) is 0 Å². The second-order valence-corrected chi connectivity index (χ2v) is 16.9. The van der Waals surface area contributed by atoms with Gasteiger partial charge in [-0.3, -0.25) is 0 Å². The summed E-state index contributed by atoms with van der Waals surface area (Å²) in [6.07, 6.45) is 0. The van der Waals surface area contributed by atoms with Gasteiger partial charge in [-0.2, -0.15) is 0 Å². The summed E-state index contributed by atoms with van der Waals surface area (Å²) in [7, 11) is 0. The van der Waals surface area contributed by atoms with Crippen LogP contribution >= 0.6 is 0 Å². The third kappa shape index (κ3) is 7.10. The van der Waals surface area contributed by atoms with Crippen molar-refractivity contribution in [2.24, 2.45) is 0 Å². The number of fused-ring (bicyclic) bond motifs is 6. The molecule has 0 fully saturated rings. The van der Waals surface area contributed by atoms with E-state index in [0.29, 0.717) is 0 Å². The minimum atomic E-state index is 1.08. The molecule has 0 heterocycles. The van der Waals surface area contributed by atoms with Crippen molar-refractivity contribution in [2.75, 3.05) is 4.90 Å². The van der Waals surface area contributed by atoms with E-state index in [1.54, 1.807) is 0 Å². The Morgan fingerprint density at radius 2 is 0.600 bits per heavy atom. The Kier molecular flexibility index (Phi) is 9.58. The summed E-state index contributed by atoms with van der Waals surface area (Å²) in [6, 6.07) is 95.5. The minimum absolute atomic E-state index is 1.08. The second kappa shape index (κ2) is 16.3. The average Bonchev–Trinajstić information content (AvgIpc) is 3.39.